The molecule has 98 valence electrons. The van der Waals surface area contributed by atoms with Gasteiger partial charge in [-0.2, -0.15) is 0 Å². The topological polar surface area (TPSA) is 72.6 Å². The summed E-state index contributed by atoms with van der Waals surface area (Å²) in [5, 5.41) is 0. The lowest BCUT2D eigenvalue weighted by atomic mass is 10.2. The molecule has 0 saturated carbocycles. The minimum Gasteiger partial charge on any atom is -0.436 e. The Labute approximate surface area is 103 Å². The molecule has 0 aromatic heterocycles. The number of hydrogen-bond donors (Lipinski definition) is 1. The number of rotatable bonds is 6. The SMILES string of the molecule is C=C(C)C(=O)OC(C)(C)N(CCCC)C(N)=O. The van der Waals surface area contributed by atoms with Gasteiger partial charge in [-0.3, -0.25) is 4.90 Å². The molecule has 0 aromatic carbocycles. The van der Waals surface area contributed by atoms with Crippen LogP contribution < -0.4 is 5.73 Å². The summed E-state index contributed by atoms with van der Waals surface area (Å²) in [5.74, 6) is -0.530. The average molecular weight is 242 g/mol. The third-order valence-electron chi connectivity index (χ3n) is 2.34. The fourth-order valence-corrected chi connectivity index (χ4v) is 1.33. The fourth-order valence-electron chi connectivity index (χ4n) is 1.33. The predicted octanol–water partition coefficient (Wildman–Crippen LogP) is 2.02. The van der Waals surface area contributed by atoms with Crippen LogP contribution >= 0.6 is 0 Å². The second kappa shape index (κ2) is 6.27. The molecule has 0 aromatic rings. The van der Waals surface area contributed by atoms with E-state index in [0.717, 1.165) is 12.8 Å². The highest BCUT2D eigenvalue weighted by Crippen LogP contribution is 2.18. The van der Waals surface area contributed by atoms with Crippen LogP contribution in [0.15, 0.2) is 12.2 Å². The molecule has 0 bridgehead atoms. The maximum absolute atomic E-state index is 11.5. The number of amides is 2. The Morgan fingerprint density at radius 2 is 1.94 bits per heavy atom. The molecule has 2 N–H and O–H groups in total. The van der Waals surface area contributed by atoms with Gasteiger partial charge in [-0.25, -0.2) is 9.59 Å². The number of unbranched alkanes of at least 4 members (excludes halogenated alkanes) is 1. The molecular weight excluding hydrogens is 220 g/mol. The molecule has 2 amide bonds. The predicted molar refractivity (Wildman–Crippen MR) is 66.2 cm³/mol. The van der Waals surface area contributed by atoms with Gasteiger partial charge < -0.3 is 10.5 Å². The summed E-state index contributed by atoms with van der Waals surface area (Å²) < 4.78 is 5.21. The highest BCUT2D eigenvalue weighted by molar-refractivity contribution is 5.87. The Kier molecular flexibility index (Phi) is 5.71. The Balaban J connectivity index is 4.76. The van der Waals surface area contributed by atoms with Crippen LogP contribution in [-0.4, -0.2) is 29.2 Å². The Hall–Kier alpha value is -1.52. The van der Waals surface area contributed by atoms with Gasteiger partial charge in [0.25, 0.3) is 0 Å². The van der Waals surface area contributed by atoms with E-state index in [2.05, 4.69) is 6.58 Å². The van der Waals surface area contributed by atoms with Crippen LogP contribution in [0.1, 0.15) is 40.5 Å². The molecule has 0 spiro atoms. The molecule has 0 rings (SSSR count). The molecule has 5 nitrogen and oxygen atoms in total. The van der Waals surface area contributed by atoms with Gasteiger partial charge in [0.1, 0.15) is 0 Å². The van der Waals surface area contributed by atoms with Crippen molar-refractivity contribution in [3.63, 3.8) is 0 Å². The second-order valence-corrected chi connectivity index (χ2v) is 4.46. The van der Waals surface area contributed by atoms with E-state index in [9.17, 15) is 9.59 Å². The number of nitrogens with two attached hydrogens (primary N) is 1. The average Bonchev–Trinajstić information content (AvgIpc) is 2.16. The van der Waals surface area contributed by atoms with E-state index in [-0.39, 0.29) is 5.57 Å². The highest BCUT2D eigenvalue weighted by atomic mass is 16.6. The molecular formula is C12H22N2O3. The maximum Gasteiger partial charge on any atom is 0.335 e. The van der Waals surface area contributed by atoms with Gasteiger partial charge in [0.2, 0.25) is 0 Å². The third-order valence-corrected chi connectivity index (χ3v) is 2.34. The van der Waals surface area contributed by atoms with Crippen molar-refractivity contribution in [2.75, 3.05) is 6.54 Å². The summed E-state index contributed by atoms with van der Waals surface area (Å²) in [7, 11) is 0. The number of hydrogen-bond acceptors (Lipinski definition) is 3. The van der Waals surface area contributed by atoms with Crippen LogP contribution in [0, 0.1) is 0 Å². The Bertz CT molecular complexity index is 311. The minimum absolute atomic E-state index is 0.290. The molecule has 0 unspecified atom stereocenters. The lowest BCUT2D eigenvalue weighted by Gasteiger charge is -2.36. The maximum atomic E-state index is 11.5. The van der Waals surface area contributed by atoms with Crippen molar-refractivity contribution in [3.8, 4) is 0 Å². The number of carbonyl (C=O) groups is 2. The van der Waals surface area contributed by atoms with Crippen molar-refractivity contribution in [1.29, 1.82) is 0 Å². The van der Waals surface area contributed by atoms with Crippen molar-refractivity contribution in [2.45, 2.75) is 46.3 Å². The zero-order valence-electron chi connectivity index (χ0n) is 11.1. The number of urea groups is 1. The summed E-state index contributed by atoms with van der Waals surface area (Å²) in [6, 6.07) is -0.599. The number of ether oxygens (including phenoxy) is 1. The van der Waals surface area contributed by atoms with Gasteiger partial charge in [-0.1, -0.05) is 19.9 Å². The van der Waals surface area contributed by atoms with E-state index in [1.807, 2.05) is 6.92 Å². The molecule has 0 heterocycles. The van der Waals surface area contributed by atoms with E-state index in [0.29, 0.717) is 6.54 Å². The molecule has 0 atom stereocenters. The van der Waals surface area contributed by atoms with Gasteiger partial charge in [-0.15, -0.1) is 0 Å². The number of nitrogens with zero attached hydrogens (tertiary/aromatic N) is 1. The van der Waals surface area contributed by atoms with Crippen LogP contribution in [0.25, 0.3) is 0 Å². The van der Waals surface area contributed by atoms with Crippen molar-refractivity contribution in [2.24, 2.45) is 5.73 Å². The van der Waals surface area contributed by atoms with Gasteiger partial charge in [0.05, 0.1) is 0 Å². The molecule has 0 aliphatic rings. The van der Waals surface area contributed by atoms with Crippen LogP contribution in [0.5, 0.6) is 0 Å². The summed E-state index contributed by atoms with van der Waals surface area (Å²) in [4.78, 5) is 24.1. The number of carbonyl (C=O) groups excluding carboxylic acids is 2. The van der Waals surface area contributed by atoms with Crippen LogP contribution in [-0.2, 0) is 9.53 Å². The number of esters is 1. The van der Waals surface area contributed by atoms with Gasteiger partial charge in [0, 0.05) is 12.1 Å². The number of primary amides is 1. The smallest absolute Gasteiger partial charge is 0.335 e. The lowest BCUT2D eigenvalue weighted by Crippen LogP contribution is -2.53. The monoisotopic (exact) mass is 242 g/mol. The normalized spacial score (nSPS) is 10.8. The molecule has 0 radical (unpaired) electrons. The Morgan fingerprint density at radius 1 is 1.41 bits per heavy atom. The van der Waals surface area contributed by atoms with E-state index in [1.165, 1.54) is 4.90 Å². The quantitative estimate of drug-likeness (QED) is 0.440. The van der Waals surface area contributed by atoms with Crippen LogP contribution in [0.2, 0.25) is 0 Å². The van der Waals surface area contributed by atoms with Crippen LogP contribution in [0.4, 0.5) is 4.79 Å². The Morgan fingerprint density at radius 3 is 2.29 bits per heavy atom. The van der Waals surface area contributed by atoms with Crippen LogP contribution in [0.3, 0.4) is 0 Å². The second-order valence-electron chi connectivity index (χ2n) is 4.46. The molecule has 0 fully saturated rings. The van der Waals surface area contributed by atoms with E-state index in [1.54, 1.807) is 20.8 Å². The fraction of sp³-hybridized carbons (Fsp3) is 0.667. The highest BCUT2D eigenvalue weighted by Gasteiger charge is 2.33. The largest absolute Gasteiger partial charge is 0.436 e. The van der Waals surface area contributed by atoms with Gasteiger partial charge in [0.15, 0.2) is 5.72 Å². The zero-order valence-corrected chi connectivity index (χ0v) is 11.1. The third kappa shape index (κ3) is 4.89. The molecule has 0 aliphatic heterocycles. The molecule has 0 aliphatic carbocycles. The molecule has 0 saturated heterocycles. The first-order chi connectivity index (χ1) is 7.72. The standard InChI is InChI=1S/C12H22N2O3/c1-6-7-8-14(11(13)16)12(4,5)17-10(15)9(2)3/h2,6-8H2,1,3-5H3,(H2,13,16). The van der Waals surface area contributed by atoms with Crippen molar-refractivity contribution in [3.05, 3.63) is 12.2 Å². The van der Waals surface area contributed by atoms with E-state index < -0.39 is 17.7 Å². The lowest BCUT2D eigenvalue weighted by molar-refractivity contribution is -0.165. The van der Waals surface area contributed by atoms with Gasteiger partial charge in [-0.05, 0) is 27.2 Å². The summed E-state index contributed by atoms with van der Waals surface area (Å²) in [6.45, 7) is 10.8. The first-order valence-corrected chi connectivity index (χ1v) is 5.68. The summed E-state index contributed by atoms with van der Waals surface area (Å²) in [5.41, 5.74) is 4.52. The van der Waals surface area contributed by atoms with Crippen molar-refractivity contribution in [1.82, 2.24) is 4.90 Å². The first kappa shape index (κ1) is 15.5. The van der Waals surface area contributed by atoms with Crippen molar-refractivity contribution >= 4 is 12.0 Å². The van der Waals surface area contributed by atoms with E-state index >= 15 is 0 Å². The summed E-state index contributed by atoms with van der Waals surface area (Å²) >= 11 is 0. The minimum atomic E-state index is -1.06. The summed E-state index contributed by atoms with van der Waals surface area (Å²) in [6.07, 6.45) is 1.73. The molecule has 5 heteroatoms. The van der Waals surface area contributed by atoms with Gasteiger partial charge >= 0.3 is 12.0 Å². The first-order valence-electron chi connectivity index (χ1n) is 5.68. The van der Waals surface area contributed by atoms with Crippen molar-refractivity contribution < 1.29 is 14.3 Å². The molecule has 17 heavy (non-hydrogen) atoms. The zero-order chi connectivity index (χ0) is 13.6. The van der Waals surface area contributed by atoms with E-state index in [4.69, 9.17) is 10.5 Å².